The van der Waals surface area contributed by atoms with Crippen molar-refractivity contribution in [3.8, 4) is 11.1 Å². The Hall–Kier alpha value is -2.16. The molecule has 1 N–H and O–H groups in total. The summed E-state index contributed by atoms with van der Waals surface area (Å²) in [5, 5.41) is 9.10. The average Bonchev–Trinajstić information content (AvgIpc) is 2.29. The molecule has 0 unspecified atom stereocenters. The van der Waals surface area contributed by atoms with Gasteiger partial charge in [0.25, 0.3) is 0 Å². The second kappa shape index (κ2) is 4.37. The number of rotatable bonds is 2. The lowest BCUT2D eigenvalue weighted by atomic mass is 9.98. The van der Waals surface area contributed by atoms with Gasteiger partial charge in [0.15, 0.2) is 0 Å². The smallest absolute Gasteiger partial charge is 0.336 e. The molecule has 0 spiro atoms. The van der Waals surface area contributed by atoms with Crippen LogP contribution in [0.3, 0.4) is 0 Å². The molecule has 0 aliphatic heterocycles. The lowest BCUT2D eigenvalue weighted by Crippen LogP contribution is -1.99. The normalized spacial score (nSPS) is 10.2. The number of carboxylic acid groups (broad SMARTS) is 1. The van der Waals surface area contributed by atoms with Crippen LogP contribution in [0.15, 0.2) is 42.5 Å². The molecule has 2 rings (SSSR count). The van der Waals surface area contributed by atoms with E-state index in [9.17, 15) is 9.18 Å². The summed E-state index contributed by atoms with van der Waals surface area (Å²) < 4.78 is 12.8. The predicted octanol–water partition coefficient (Wildman–Crippen LogP) is 3.50. The first-order valence-corrected chi connectivity index (χ1v) is 5.18. The fourth-order valence-corrected chi connectivity index (χ4v) is 1.71. The van der Waals surface area contributed by atoms with Crippen LogP contribution in [0.25, 0.3) is 11.1 Å². The Labute approximate surface area is 98.3 Å². The number of carboxylic acids is 1. The van der Waals surface area contributed by atoms with Gasteiger partial charge in [-0.05, 0) is 36.2 Å². The van der Waals surface area contributed by atoms with Gasteiger partial charge in [-0.15, -0.1) is 0 Å². The second-order valence-corrected chi connectivity index (χ2v) is 3.86. The van der Waals surface area contributed by atoms with Crippen LogP contribution < -0.4 is 0 Å². The van der Waals surface area contributed by atoms with Crippen molar-refractivity contribution < 1.29 is 14.3 Å². The van der Waals surface area contributed by atoms with Crippen LogP contribution >= 0.6 is 0 Å². The highest BCUT2D eigenvalue weighted by molar-refractivity contribution is 5.96. The van der Waals surface area contributed by atoms with E-state index in [1.807, 2.05) is 6.92 Å². The molecule has 0 radical (unpaired) electrons. The van der Waals surface area contributed by atoms with E-state index in [2.05, 4.69) is 0 Å². The monoisotopic (exact) mass is 230 g/mol. The minimum Gasteiger partial charge on any atom is -0.478 e. The molecule has 0 aliphatic rings. The molecule has 0 aromatic heterocycles. The molecular weight excluding hydrogens is 219 g/mol. The van der Waals surface area contributed by atoms with E-state index >= 15 is 0 Å². The summed E-state index contributed by atoms with van der Waals surface area (Å²) in [7, 11) is 0. The zero-order chi connectivity index (χ0) is 12.4. The largest absolute Gasteiger partial charge is 0.478 e. The van der Waals surface area contributed by atoms with Gasteiger partial charge in [-0.1, -0.05) is 29.8 Å². The highest BCUT2D eigenvalue weighted by atomic mass is 19.1. The Morgan fingerprint density at radius 1 is 1.12 bits per heavy atom. The highest BCUT2D eigenvalue weighted by Gasteiger charge is 2.11. The van der Waals surface area contributed by atoms with Crippen molar-refractivity contribution in [3.05, 3.63) is 59.4 Å². The molecule has 86 valence electrons. The maximum absolute atomic E-state index is 12.8. The first-order valence-electron chi connectivity index (χ1n) is 5.18. The highest BCUT2D eigenvalue weighted by Crippen LogP contribution is 2.25. The Morgan fingerprint density at radius 3 is 2.35 bits per heavy atom. The minimum absolute atomic E-state index is 0.224. The average molecular weight is 230 g/mol. The van der Waals surface area contributed by atoms with Crippen molar-refractivity contribution >= 4 is 5.97 Å². The SMILES string of the molecule is Cc1ccc(C(=O)O)c(-c2ccc(F)cc2)c1. The first-order chi connectivity index (χ1) is 8.08. The second-order valence-electron chi connectivity index (χ2n) is 3.86. The van der Waals surface area contributed by atoms with Gasteiger partial charge >= 0.3 is 5.97 Å². The van der Waals surface area contributed by atoms with Gasteiger partial charge in [-0.3, -0.25) is 0 Å². The van der Waals surface area contributed by atoms with Crippen molar-refractivity contribution in [3.63, 3.8) is 0 Å². The molecule has 3 heteroatoms. The number of aryl methyl sites for hydroxylation is 1. The third-order valence-electron chi connectivity index (χ3n) is 2.56. The predicted molar refractivity (Wildman–Crippen MR) is 63.5 cm³/mol. The third kappa shape index (κ3) is 2.33. The third-order valence-corrected chi connectivity index (χ3v) is 2.56. The summed E-state index contributed by atoms with van der Waals surface area (Å²) in [5.41, 5.74) is 2.50. The van der Waals surface area contributed by atoms with Gasteiger partial charge < -0.3 is 5.11 Å². The number of benzene rings is 2. The van der Waals surface area contributed by atoms with E-state index in [1.165, 1.54) is 12.1 Å². The van der Waals surface area contributed by atoms with E-state index in [1.54, 1.807) is 30.3 Å². The molecule has 2 nitrogen and oxygen atoms in total. The summed E-state index contributed by atoms with van der Waals surface area (Å²) in [6.45, 7) is 1.89. The maximum atomic E-state index is 12.8. The lowest BCUT2D eigenvalue weighted by Gasteiger charge is -2.07. The standard InChI is InChI=1S/C14H11FO2/c1-9-2-7-12(14(16)17)13(8-9)10-3-5-11(15)6-4-10/h2-8H,1H3,(H,16,17). The molecule has 0 saturated carbocycles. The summed E-state index contributed by atoms with van der Waals surface area (Å²) in [4.78, 5) is 11.1. The van der Waals surface area contributed by atoms with Crippen LogP contribution in [-0.2, 0) is 0 Å². The molecular formula is C14H11FO2. The van der Waals surface area contributed by atoms with Gasteiger partial charge in [-0.25, -0.2) is 9.18 Å². The van der Waals surface area contributed by atoms with Crippen LogP contribution in [-0.4, -0.2) is 11.1 Å². The van der Waals surface area contributed by atoms with Crippen LogP contribution in [0.2, 0.25) is 0 Å². The van der Waals surface area contributed by atoms with Crippen molar-refractivity contribution in [1.29, 1.82) is 0 Å². The Kier molecular flexibility index (Phi) is 2.91. The van der Waals surface area contributed by atoms with Crippen molar-refractivity contribution in [2.24, 2.45) is 0 Å². The molecule has 0 fully saturated rings. The van der Waals surface area contributed by atoms with Gasteiger partial charge in [0, 0.05) is 0 Å². The number of aromatic carboxylic acids is 1. The fraction of sp³-hybridized carbons (Fsp3) is 0.0714. The van der Waals surface area contributed by atoms with Crippen LogP contribution in [0.1, 0.15) is 15.9 Å². The van der Waals surface area contributed by atoms with Crippen molar-refractivity contribution in [1.82, 2.24) is 0 Å². The summed E-state index contributed by atoms with van der Waals surface area (Å²) in [6, 6.07) is 10.9. The van der Waals surface area contributed by atoms with E-state index < -0.39 is 5.97 Å². The Bertz CT molecular complexity index is 559. The van der Waals surface area contributed by atoms with E-state index in [0.717, 1.165) is 5.56 Å². The molecule has 2 aromatic carbocycles. The van der Waals surface area contributed by atoms with Gasteiger partial charge in [0.2, 0.25) is 0 Å². The quantitative estimate of drug-likeness (QED) is 0.857. The minimum atomic E-state index is -0.982. The molecule has 2 aromatic rings. The molecule has 0 heterocycles. The Balaban J connectivity index is 2.60. The molecule has 0 bridgehead atoms. The molecule has 17 heavy (non-hydrogen) atoms. The fourth-order valence-electron chi connectivity index (χ4n) is 1.71. The number of carbonyl (C=O) groups is 1. The first kappa shape index (κ1) is 11.3. The van der Waals surface area contributed by atoms with Gasteiger partial charge in [0.05, 0.1) is 5.56 Å². The number of hydrogen-bond donors (Lipinski definition) is 1. The molecule has 0 atom stereocenters. The lowest BCUT2D eigenvalue weighted by molar-refractivity contribution is 0.0697. The number of halogens is 1. The maximum Gasteiger partial charge on any atom is 0.336 e. The van der Waals surface area contributed by atoms with Crippen LogP contribution in [0, 0.1) is 12.7 Å². The zero-order valence-corrected chi connectivity index (χ0v) is 9.27. The van der Waals surface area contributed by atoms with Gasteiger partial charge in [-0.2, -0.15) is 0 Å². The van der Waals surface area contributed by atoms with E-state index in [4.69, 9.17) is 5.11 Å². The van der Waals surface area contributed by atoms with Crippen molar-refractivity contribution in [2.45, 2.75) is 6.92 Å². The molecule has 0 aliphatic carbocycles. The van der Waals surface area contributed by atoms with E-state index in [-0.39, 0.29) is 11.4 Å². The summed E-state index contributed by atoms with van der Waals surface area (Å²) in [6.07, 6.45) is 0. The molecule has 0 saturated heterocycles. The molecule has 0 amide bonds. The topological polar surface area (TPSA) is 37.3 Å². The summed E-state index contributed by atoms with van der Waals surface area (Å²) in [5.74, 6) is -1.32. The number of hydrogen-bond acceptors (Lipinski definition) is 1. The Morgan fingerprint density at radius 2 is 1.76 bits per heavy atom. The van der Waals surface area contributed by atoms with Crippen molar-refractivity contribution in [2.75, 3.05) is 0 Å². The van der Waals surface area contributed by atoms with E-state index in [0.29, 0.717) is 11.1 Å². The van der Waals surface area contributed by atoms with Crippen LogP contribution in [0.5, 0.6) is 0 Å². The van der Waals surface area contributed by atoms with Gasteiger partial charge in [0.1, 0.15) is 5.82 Å². The van der Waals surface area contributed by atoms with Crippen LogP contribution in [0.4, 0.5) is 4.39 Å². The summed E-state index contributed by atoms with van der Waals surface area (Å²) >= 11 is 0. The zero-order valence-electron chi connectivity index (χ0n) is 9.27.